The molecule has 0 bridgehead atoms. The van der Waals surface area contributed by atoms with Gasteiger partial charge in [0, 0.05) is 0 Å². The molecule has 0 aliphatic carbocycles. The highest BCUT2D eigenvalue weighted by Crippen LogP contribution is 2.17. The second-order valence-corrected chi connectivity index (χ2v) is 6.40. The van der Waals surface area contributed by atoms with Crippen molar-refractivity contribution in [1.82, 2.24) is 4.98 Å². The van der Waals surface area contributed by atoms with Crippen LogP contribution in [-0.4, -0.2) is 31.7 Å². The van der Waals surface area contributed by atoms with Gasteiger partial charge in [-0.3, -0.25) is 9.52 Å². The molecule has 1 heterocycles. The molecule has 0 radical (unpaired) electrons. The number of aromatic nitrogens is 1. The van der Waals surface area contributed by atoms with Crippen molar-refractivity contribution in [3.8, 4) is 0 Å². The van der Waals surface area contributed by atoms with Crippen LogP contribution in [0.5, 0.6) is 0 Å². The second kappa shape index (κ2) is 6.85. The fraction of sp³-hybridized carbons (Fsp3) is 0.455. The summed E-state index contributed by atoms with van der Waals surface area (Å²) in [5, 5.41) is 0. The normalized spacial score (nSPS) is 11.1. The molecule has 0 saturated heterocycles. The van der Waals surface area contributed by atoms with Gasteiger partial charge in [-0.25, -0.2) is 13.4 Å². The molecule has 0 spiro atoms. The first-order chi connectivity index (χ1) is 8.84. The van der Waals surface area contributed by atoms with E-state index in [9.17, 15) is 13.2 Å². The number of carbonyl (C=O) groups excluding carboxylic acids is 1. The van der Waals surface area contributed by atoms with Crippen LogP contribution in [0.2, 0.25) is 0 Å². The van der Waals surface area contributed by atoms with Gasteiger partial charge in [0.1, 0.15) is 4.60 Å². The van der Waals surface area contributed by atoms with Gasteiger partial charge in [0.25, 0.3) is 0 Å². The highest BCUT2D eigenvalue weighted by Gasteiger charge is 2.15. The summed E-state index contributed by atoms with van der Waals surface area (Å²) < 4.78 is 31.3. The number of aryl methyl sites for hydroxylation is 1. The largest absolute Gasteiger partial charge is 0.466 e. The first-order valence-electron chi connectivity index (χ1n) is 5.63. The minimum atomic E-state index is -3.59. The van der Waals surface area contributed by atoms with Crippen LogP contribution < -0.4 is 4.72 Å². The van der Waals surface area contributed by atoms with Crippen LogP contribution in [0.25, 0.3) is 0 Å². The molecule has 1 N–H and O–H groups in total. The lowest BCUT2D eigenvalue weighted by atomic mass is 10.3. The van der Waals surface area contributed by atoms with Crippen molar-refractivity contribution in [3.05, 3.63) is 22.4 Å². The van der Waals surface area contributed by atoms with E-state index in [1.54, 1.807) is 26.0 Å². The molecule has 1 aromatic rings. The zero-order chi connectivity index (χ0) is 14.5. The SMILES string of the molecule is CCOC(=O)CCS(=O)(=O)Nc1ccc(Br)nc1C. The Morgan fingerprint density at radius 3 is 2.74 bits per heavy atom. The number of esters is 1. The highest BCUT2D eigenvalue weighted by atomic mass is 79.9. The van der Waals surface area contributed by atoms with Gasteiger partial charge in [-0.05, 0) is 41.9 Å². The summed E-state index contributed by atoms with van der Waals surface area (Å²) in [6.45, 7) is 3.59. The summed E-state index contributed by atoms with van der Waals surface area (Å²) in [6.07, 6.45) is -0.174. The third kappa shape index (κ3) is 5.56. The zero-order valence-corrected chi connectivity index (χ0v) is 13.0. The second-order valence-electron chi connectivity index (χ2n) is 3.74. The van der Waals surface area contributed by atoms with Crippen LogP contribution in [0.1, 0.15) is 19.0 Å². The molecule has 106 valence electrons. The van der Waals surface area contributed by atoms with Crippen molar-refractivity contribution in [2.45, 2.75) is 20.3 Å². The Kier molecular flexibility index (Phi) is 5.74. The molecule has 19 heavy (non-hydrogen) atoms. The maximum Gasteiger partial charge on any atom is 0.306 e. The number of halogens is 1. The maximum absolute atomic E-state index is 11.8. The van der Waals surface area contributed by atoms with Crippen molar-refractivity contribution >= 4 is 37.6 Å². The predicted molar refractivity (Wildman–Crippen MR) is 75.3 cm³/mol. The van der Waals surface area contributed by atoms with Crippen LogP contribution in [0.3, 0.4) is 0 Å². The summed E-state index contributed by atoms with van der Waals surface area (Å²) in [5.74, 6) is -0.847. The number of pyridine rings is 1. The summed E-state index contributed by atoms with van der Waals surface area (Å²) in [6, 6.07) is 3.24. The first-order valence-corrected chi connectivity index (χ1v) is 8.08. The molecule has 0 unspecified atom stereocenters. The van der Waals surface area contributed by atoms with Crippen molar-refractivity contribution in [2.24, 2.45) is 0 Å². The Hall–Kier alpha value is -1.15. The van der Waals surface area contributed by atoms with Crippen molar-refractivity contribution < 1.29 is 17.9 Å². The van der Waals surface area contributed by atoms with Crippen LogP contribution >= 0.6 is 15.9 Å². The van der Waals surface area contributed by atoms with E-state index in [1.807, 2.05) is 0 Å². The number of hydrogen-bond donors (Lipinski definition) is 1. The number of anilines is 1. The van der Waals surface area contributed by atoms with E-state index in [-0.39, 0.29) is 18.8 Å². The van der Waals surface area contributed by atoms with E-state index >= 15 is 0 Å². The molecule has 0 fully saturated rings. The van der Waals surface area contributed by atoms with Gasteiger partial charge >= 0.3 is 5.97 Å². The third-order valence-corrected chi connectivity index (χ3v) is 3.91. The van der Waals surface area contributed by atoms with E-state index in [4.69, 9.17) is 0 Å². The molecular weight excluding hydrogens is 336 g/mol. The van der Waals surface area contributed by atoms with Crippen LogP contribution in [0.15, 0.2) is 16.7 Å². The number of nitrogens with zero attached hydrogens (tertiary/aromatic N) is 1. The number of carbonyl (C=O) groups is 1. The molecule has 0 aliphatic rings. The lowest BCUT2D eigenvalue weighted by Crippen LogP contribution is -2.20. The fourth-order valence-corrected chi connectivity index (χ4v) is 2.79. The number of sulfonamides is 1. The number of nitrogens with one attached hydrogen (secondary N) is 1. The molecule has 0 aromatic carbocycles. The average molecular weight is 351 g/mol. The Morgan fingerprint density at radius 1 is 1.47 bits per heavy atom. The molecular formula is C11H15BrN2O4S. The number of ether oxygens (including phenoxy) is 1. The average Bonchev–Trinajstić information content (AvgIpc) is 2.31. The molecule has 1 aromatic heterocycles. The minimum absolute atomic E-state index is 0.174. The summed E-state index contributed by atoms with van der Waals surface area (Å²) in [5.41, 5.74) is 0.946. The minimum Gasteiger partial charge on any atom is -0.466 e. The molecule has 6 nitrogen and oxygen atoms in total. The molecule has 0 aliphatic heterocycles. The van der Waals surface area contributed by atoms with Crippen molar-refractivity contribution in [2.75, 3.05) is 17.1 Å². The van der Waals surface area contributed by atoms with Gasteiger partial charge in [-0.2, -0.15) is 0 Å². The van der Waals surface area contributed by atoms with Crippen LogP contribution in [-0.2, 0) is 19.6 Å². The fourth-order valence-electron chi connectivity index (χ4n) is 1.31. The maximum atomic E-state index is 11.8. The smallest absolute Gasteiger partial charge is 0.306 e. The van der Waals surface area contributed by atoms with Crippen LogP contribution in [0, 0.1) is 6.92 Å². The van der Waals surface area contributed by atoms with Crippen molar-refractivity contribution in [3.63, 3.8) is 0 Å². The van der Waals surface area contributed by atoms with E-state index in [2.05, 4.69) is 30.4 Å². The summed E-state index contributed by atoms with van der Waals surface area (Å²) in [7, 11) is -3.59. The third-order valence-electron chi connectivity index (χ3n) is 2.20. The van der Waals surface area contributed by atoms with Gasteiger partial charge in [0.2, 0.25) is 10.0 Å². The van der Waals surface area contributed by atoms with E-state index in [0.717, 1.165) is 0 Å². The highest BCUT2D eigenvalue weighted by molar-refractivity contribution is 9.10. The predicted octanol–water partition coefficient (Wildman–Crippen LogP) is 1.85. The van der Waals surface area contributed by atoms with E-state index in [0.29, 0.717) is 16.0 Å². The van der Waals surface area contributed by atoms with Gasteiger partial charge in [-0.15, -0.1) is 0 Å². The Balaban J connectivity index is 2.66. The standard InChI is InChI=1S/C11H15BrN2O4S/c1-3-18-11(15)6-7-19(16,17)14-9-4-5-10(12)13-8(9)2/h4-5,14H,3,6-7H2,1-2H3. The van der Waals surface area contributed by atoms with Crippen molar-refractivity contribution in [1.29, 1.82) is 0 Å². The Labute approximate surface area is 120 Å². The molecule has 8 heteroatoms. The lowest BCUT2D eigenvalue weighted by molar-refractivity contribution is -0.142. The summed E-state index contributed by atoms with van der Waals surface area (Å²) >= 11 is 3.19. The molecule has 0 amide bonds. The lowest BCUT2D eigenvalue weighted by Gasteiger charge is -2.09. The zero-order valence-electron chi connectivity index (χ0n) is 10.6. The molecule has 0 atom stereocenters. The van der Waals surface area contributed by atoms with Gasteiger partial charge in [0.15, 0.2) is 0 Å². The van der Waals surface area contributed by atoms with Gasteiger partial charge < -0.3 is 4.74 Å². The topological polar surface area (TPSA) is 85.4 Å². The van der Waals surface area contributed by atoms with E-state index < -0.39 is 16.0 Å². The van der Waals surface area contributed by atoms with Gasteiger partial charge in [0.05, 0.1) is 30.2 Å². The number of hydrogen-bond acceptors (Lipinski definition) is 5. The molecule has 1 rings (SSSR count). The quantitative estimate of drug-likeness (QED) is 0.624. The van der Waals surface area contributed by atoms with Gasteiger partial charge in [-0.1, -0.05) is 0 Å². The Morgan fingerprint density at radius 2 is 2.16 bits per heavy atom. The Bertz CT molecular complexity index is 560. The first kappa shape index (κ1) is 15.9. The van der Waals surface area contributed by atoms with E-state index in [1.165, 1.54) is 0 Å². The summed E-state index contributed by atoms with van der Waals surface area (Å²) in [4.78, 5) is 15.2. The molecule has 0 saturated carbocycles. The van der Waals surface area contributed by atoms with Crippen LogP contribution in [0.4, 0.5) is 5.69 Å². The number of rotatable bonds is 6. The monoisotopic (exact) mass is 350 g/mol.